The molecule has 0 saturated carbocycles. The molecule has 41 heavy (non-hydrogen) atoms. The third kappa shape index (κ3) is 9.55. The zero-order valence-corrected chi connectivity index (χ0v) is 24.3. The van der Waals surface area contributed by atoms with Crippen LogP contribution in [0.2, 0.25) is 0 Å². The SMILES string of the molecule is CCCN(CCC)C(=O)c1cc(C(N)=O)cc(C(=O)OC(CNCc2ccccc2)C(N)Cc2ccc(C)cc2)c1. The molecule has 2 atom stereocenters. The van der Waals surface area contributed by atoms with E-state index in [0.29, 0.717) is 32.6 Å². The van der Waals surface area contributed by atoms with Crippen molar-refractivity contribution in [1.82, 2.24) is 10.2 Å². The minimum atomic E-state index is -0.733. The Kier molecular flexibility index (Phi) is 12.1. The quantitative estimate of drug-likeness (QED) is 0.240. The van der Waals surface area contributed by atoms with E-state index < -0.39 is 24.0 Å². The second kappa shape index (κ2) is 15.7. The van der Waals surface area contributed by atoms with Crippen LogP contribution in [0, 0.1) is 6.92 Å². The second-order valence-electron chi connectivity index (χ2n) is 10.4. The van der Waals surface area contributed by atoms with Gasteiger partial charge in [-0.25, -0.2) is 4.79 Å². The monoisotopic (exact) mass is 558 g/mol. The molecule has 2 amide bonds. The highest BCUT2D eigenvalue weighted by Gasteiger charge is 2.25. The van der Waals surface area contributed by atoms with Crippen LogP contribution in [0.5, 0.6) is 0 Å². The molecular formula is C33H42N4O4. The molecule has 0 aliphatic heterocycles. The van der Waals surface area contributed by atoms with E-state index in [1.807, 2.05) is 75.4 Å². The number of benzene rings is 3. The van der Waals surface area contributed by atoms with Crippen LogP contribution in [0.3, 0.4) is 0 Å². The van der Waals surface area contributed by atoms with E-state index in [-0.39, 0.29) is 22.6 Å². The molecule has 3 aromatic rings. The Morgan fingerprint density at radius 1 is 0.854 bits per heavy atom. The Morgan fingerprint density at radius 3 is 2.07 bits per heavy atom. The molecule has 0 aliphatic rings. The normalized spacial score (nSPS) is 12.4. The molecule has 8 heteroatoms. The van der Waals surface area contributed by atoms with E-state index in [2.05, 4.69) is 5.32 Å². The van der Waals surface area contributed by atoms with Crippen molar-refractivity contribution in [2.24, 2.45) is 11.5 Å². The number of ether oxygens (including phenoxy) is 1. The first-order valence-corrected chi connectivity index (χ1v) is 14.2. The molecule has 0 radical (unpaired) electrons. The summed E-state index contributed by atoms with van der Waals surface area (Å²) in [6, 6.07) is 21.7. The predicted octanol–water partition coefficient (Wildman–Crippen LogP) is 4.24. The van der Waals surface area contributed by atoms with Gasteiger partial charge < -0.3 is 26.4 Å². The first-order valence-electron chi connectivity index (χ1n) is 14.2. The van der Waals surface area contributed by atoms with Crippen LogP contribution in [-0.4, -0.2) is 54.5 Å². The van der Waals surface area contributed by atoms with Crippen molar-refractivity contribution in [2.45, 2.75) is 58.7 Å². The zero-order chi connectivity index (χ0) is 29.8. The number of carbonyl (C=O) groups is 3. The van der Waals surface area contributed by atoms with Crippen molar-refractivity contribution >= 4 is 17.8 Å². The van der Waals surface area contributed by atoms with E-state index in [1.54, 1.807) is 4.90 Å². The van der Waals surface area contributed by atoms with E-state index in [1.165, 1.54) is 18.2 Å². The summed E-state index contributed by atoms with van der Waals surface area (Å²) < 4.78 is 5.95. The Balaban J connectivity index is 1.84. The van der Waals surface area contributed by atoms with E-state index in [9.17, 15) is 14.4 Å². The fourth-order valence-corrected chi connectivity index (χ4v) is 4.62. The number of rotatable bonds is 15. The third-order valence-corrected chi connectivity index (χ3v) is 6.82. The predicted molar refractivity (Wildman–Crippen MR) is 162 cm³/mol. The van der Waals surface area contributed by atoms with Crippen molar-refractivity contribution < 1.29 is 19.1 Å². The number of nitrogens with two attached hydrogens (primary N) is 2. The number of primary amides is 1. The smallest absolute Gasteiger partial charge is 0.338 e. The van der Waals surface area contributed by atoms with Gasteiger partial charge in [0.05, 0.1) is 5.56 Å². The van der Waals surface area contributed by atoms with Gasteiger partial charge in [-0.15, -0.1) is 0 Å². The number of aryl methyl sites for hydroxylation is 1. The molecule has 0 heterocycles. The van der Waals surface area contributed by atoms with Crippen molar-refractivity contribution in [3.05, 3.63) is 106 Å². The molecule has 3 rings (SSSR count). The average molecular weight is 559 g/mol. The van der Waals surface area contributed by atoms with Gasteiger partial charge in [0.15, 0.2) is 0 Å². The highest BCUT2D eigenvalue weighted by Crippen LogP contribution is 2.17. The standard InChI is InChI=1S/C33H42N4O4/c1-4-15-37(16-5-2)32(39)27-18-26(31(35)38)19-28(20-27)33(40)41-30(22-36-21-25-9-7-6-8-10-25)29(34)17-24-13-11-23(3)12-14-24/h6-14,18-20,29-30,36H,4-5,15-17,21-22,34H2,1-3H3,(H2,35,38). The molecule has 0 bridgehead atoms. The Hall–Kier alpha value is -4.01. The minimum absolute atomic E-state index is 0.0680. The van der Waals surface area contributed by atoms with Gasteiger partial charge in [-0.05, 0) is 55.5 Å². The molecule has 0 aliphatic carbocycles. The molecule has 5 N–H and O–H groups in total. The van der Waals surface area contributed by atoms with Crippen molar-refractivity contribution in [2.75, 3.05) is 19.6 Å². The first-order chi connectivity index (χ1) is 19.7. The van der Waals surface area contributed by atoms with Gasteiger partial charge in [0.25, 0.3) is 5.91 Å². The lowest BCUT2D eigenvalue weighted by atomic mass is 10.0. The van der Waals surface area contributed by atoms with Gasteiger partial charge >= 0.3 is 5.97 Å². The topological polar surface area (TPSA) is 128 Å². The van der Waals surface area contributed by atoms with E-state index in [0.717, 1.165) is 29.5 Å². The second-order valence-corrected chi connectivity index (χ2v) is 10.4. The van der Waals surface area contributed by atoms with Crippen LogP contribution in [0.15, 0.2) is 72.8 Å². The number of nitrogens with one attached hydrogen (secondary N) is 1. The van der Waals surface area contributed by atoms with Crippen LogP contribution in [-0.2, 0) is 17.7 Å². The highest BCUT2D eigenvalue weighted by molar-refractivity contribution is 6.03. The van der Waals surface area contributed by atoms with Crippen LogP contribution < -0.4 is 16.8 Å². The molecule has 0 saturated heterocycles. The van der Waals surface area contributed by atoms with E-state index in [4.69, 9.17) is 16.2 Å². The maximum absolute atomic E-state index is 13.5. The largest absolute Gasteiger partial charge is 0.456 e. The van der Waals surface area contributed by atoms with Gasteiger partial charge in [-0.1, -0.05) is 74.0 Å². The van der Waals surface area contributed by atoms with Crippen molar-refractivity contribution in [3.63, 3.8) is 0 Å². The molecule has 8 nitrogen and oxygen atoms in total. The van der Waals surface area contributed by atoms with Crippen LogP contribution in [0.1, 0.15) is 74.5 Å². The zero-order valence-electron chi connectivity index (χ0n) is 24.3. The third-order valence-electron chi connectivity index (χ3n) is 6.82. The van der Waals surface area contributed by atoms with Gasteiger partial charge in [-0.3, -0.25) is 9.59 Å². The highest BCUT2D eigenvalue weighted by atomic mass is 16.5. The van der Waals surface area contributed by atoms with Gasteiger partial charge in [0, 0.05) is 43.3 Å². The minimum Gasteiger partial charge on any atom is -0.456 e. The first kappa shape index (κ1) is 31.5. The lowest BCUT2D eigenvalue weighted by molar-refractivity contribution is 0.0238. The van der Waals surface area contributed by atoms with Crippen molar-refractivity contribution in [3.8, 4) is 0 Å². The summed E-state index contributed by atoms with van der Waals surface area (Å²) in [5.41, 5.74) is 15.8. The van der Waals surface area contributed by atoms with Crippen LogP contribution in [0.4, 0.5) is 0 Å². The fraction of sp³-hybridized carbons (Fsp3) is 0.364. The summed E-state index contributed by atoms with van der Waals surface area (Å²) in [6.07, 6.45) is 1.39. The molecule has 0 spiro atoms. The number of amides is 2. The molecular weight excluding hydrogens is 516 g/mol. The summed E-state index contributed by atoms with van der Waals surface area (Å²) in [4.78, 5) is 40.6. The Bertz CT molecular complexity index is 1290. The van der Waals surface area contributed by atoms with Crippen LogP contribution in [0.25, 0.3) is 0 Å². The van der Waals surface area contributed by atoms with Crippen LogP contribution >= 0.6 is 0 Å². The Labute approximate surface area is 243 Å². The number of carbonyl (C=O) groups excluding carboxylic acids is 3. The summed E-state index contributed by atoms with van der Waals surface area (Å²) >= 11 is 0. The summed E-state index contributed by atoms with van der Waals surface area (Å²) in [5.74, 6) is -1.67. The number of esters is 1. The lowest BCUT2D eigenvalue weighted by Gasteiger charge is -2.25. The van der Waals surface area contributed by atoms with Gasteiger partial charge in [0.1, 0.15) is 6.10 Å². The van der Waals surface area contributed by atoms with E-state index >= 15 is 0 Å². The molecule has 0 fully saturated rings. The van der Waals surface area contributed by atoms with Crippen molar-refractivity contribution in [1.29, 1.82) is 0 Å². The lowest BCUT2D eigenvalue weighted by Crippen LogP contribution is -2.46. The summed E-state index contributed by atoms with van der Waals surface area (Å²) in [6.45, 7) is 8.02. The average Bonchev–Trinajstić information content (AvgIpc) is 2.97. The summed E-state index contributed by atoms with van der Waals surface area (Å²) in [5, 5.41) is 3.34. The maximum atomic E-state index is 13.5. The van der Waals surface area contributed by atoms with Gasteiger partial charge in [0.2, 0.25) is 5.91 Å². The number of hydrogen-bond donors (Lipinski definition) is 3. The summed E-state index contributed by atoms with van der Waals surface area (Å²) in [7, 11) is 0. The molecule has 0 aromatic heterocycles. The van der Waals surface area contributed by atoms with Gasteiger partial charge in [-0.2, -0.15) is 0 Å². The Morgan fingerprint density at radius 2 is 1.46 bits per heavy atom. The fourth-order valence-electron chi connectivity index (χ4n) is 4.62. The number of nitrogens with zero attached hydrogens (tertiary/aromatic N) is 1. The maximum Gasteiger partial charge on any atom is 0.338 e. The molecule has 218 valence electrons. The molecule has 3 aromatic carbocycles. The molecule has 2 unspecified atom stereocenters. The number of hydrogen-bond acceptors (Lipinski definition) is 6.